The fraction of sp³-hybridized carbons (Fsp3) is 0.562. The molecule has 0 saturated heterocycles. The minimum atomic E-state index is 0.124. The minimum absolute atomic E-state index is 0.124. The van der Waals surface area contributed by atoms with Crippen molar-refractivity contribution in [2.75, 3.05) is 6.79 Å². The molecule has 2 rings (SSSR count). The van der Waals surface area contributed by atoms with Gasteiger partial charge in [-0.25, -0.2) is 0 Å². The van der Waals surface area contributed by atoms with E-state index in [0.717, 1.165) is 29.9 Å². The Morgan fingerprint density at radius 1 is 1.15 bits per heavy atom. The van der Waals surface area contributed by atoms with Gasteiger partial charge in [0, 0.05) is 13.0 Å². The van der Waals surface area contributed by atoms with Crippen LogP contribution in [-0.4, -0.2) is 12.7 Å². The zero-order chi connectivity index (χ0) is 14.2. The quantitative estimate of drug-likeness (QED) is 0.741. The zero-order valence-electron chi connectivity index (χ0n) is 12.1. The predicted octanol–water partition coefficient (Wildman–Crippen LogP) is 3.39. The monoisotopic (exact) mass is 277 g/mol. The van der Waals surface area contributed by atoms with E-state index in [2.05, 4.69) is 12.2 Å². The van der Waals surface area contributed by atoms with Crippen molar-refractivity contribution in [1.29, 1.82) is 0 Å². The number of amides is 1. The van der Waals surface area contributed by atoms with Crippen LogP contribution in [0, 0.1) is 0 Å². The molecule has 0 unspecified atom stereocenters. The van der Waals surface area contributed by atoms with Crippen molar-refractivity contribution in [3.63, 3.8) is 0 Å². The van der Waals surface area contributed by atoms with Crippen LogP contribution in [0.2, 0.25) is 0 Å². The van der Waals surface area contributed by atoms with Crippen molar-refractivity contribution in [2.45, 2.75) is 52.0 Å². The number of benzene rings is 1. The number of rotatable bonds is 8. The van der Waals surface area contributed by atoms with Gasteiger partial charge in [-0.15, -0.1) is 0 Å². The Hall–Kier alpha value is -1.71. The lowest BCUT2D eigenvalue weighted by atomic mass is 10.1. The highest BCUT2D eigenvalue weighted by atomic mass is 16.7. The molecule has 20 heavy (non-hydrogen) atoms. The molecule has 1 aliphatic heterocycles. The van der Waals surface area contributed by atoms with Crippen molar-refractivity contribution in [3.8, 4) is 11.5 Å². The van der Waals surface area contributed by atoms with E-state index in [1.54, 1.807) is 0 Å². The second-order valence-corrected chi connectivity index (χ2v) is 5.13. The largest absolute Gasteiger partial charge is 0.454 e. The van der Waals surface area contributed by atoms with E-state index in [-0.39, 0.29) is 12.7 Å². The Morgan fingerprint density at radius 2 is 1.95 bits per heavy atom. The molecule has 4 nitrogen and oxygen atoms in total. The Morgan fingerprint density at radius 3 is 2.80 bits per heavy atom. The first-order valence-electron chi connectivity index (χ1n) is 7.45. The number of nitrogens with one attached hydrogen (secondary N) is 1. The Labute approximate surface area is 120 Å². The molecule has 1 aromatic carbocycles. The minimum Gasteiger partial charge on any atom is -0.454 e. The summed E-state index contributed by atoms with van der Waals surface area (Å²) in [5, 5.41) is 2.95. The third-order valence-corrected chi connectivity index (χ3v) is 3.43. The van der Waals surface area contributed by atoms with Crippen LogP contribution in [0.1, 0.15) is 51.0 Å². The third-order valence-electron chi connectivity index (χ3n) is 3.43. The van der Waals surface area contributed by atoms with Gasteiger partial charge < -0.3 is 14.8 Å². The number of fused-ring (bicyclic) bond motifs is 1. The van der Waals surface area contributed by atoms with E-state index in [4.69, 9.17) is 9.47 Å². The second kappa shape index (κ2) is 7.78. The highest BCUT2D eigenvalue weighted by molar-refractivity contribution is 5.75. The average molecular weight is 277 g/mol. The molecule has 0 atom stereocenters. The fourth-order valence-electron chi connectivity index (χ4n) is 2.23. The summed E-state index contributed by atoms with van der Waals surface area (Å²) >= 11 is 0. The van der Waals surface area contributed by atoms with Crippen LogP contribution in [0.3, 0.4) is 0 Å². The highest BCUT2D eigenvalue weighted by Gasteiger charge is 2.13. The van der Waals surface area contributed by atoms with E-state index in [0.29, 0.717) is 13.0 Å². The van der Waals surface area contributed by atoms with Crippen molar-refractivity contribution < 1.29 is 14.3 Å². The normalized spacial score (nSPS) is 12.4. The Bertz CT molecular complexity index is 445. The zero-order valence-corrected chi connectivity index (χ0v) is 12.1. The molecule has 0 aromatic heterocycles. The molecule has 0 fully saturated rings. The number of carbonyl (C=O) groups excluding carboxylic acids is 1. The summed E-state index contributed by atoms with van der Waals surface area (Å²) < 4.78 is 10.6. The molecular formula is C16H23NO3. The van der Waals surface area contributed by atoms with Crippen LogP contribution in [0.15, 0.2) is 18.2 Å². The van der Waals surface area contributed by atoms with Gasteiger partial charge in [-0.2, -0.15) is 0 Å². The maximum Gasteiger partial charge on any atom is 0.231 e. The molecule has 1 amide bonds. The molecule has 4 heteroatoms. The molecule has 1 heterocycles. The molecule has 0 bridgehead atoms. The van der Waals surface area contributed by atoms with Gasteiger partial charge in [-0.05, 0) is 24.1 Å². The van der Waals surface area contributed by atoms with E-state index < -0.39 is 0 Å². The van der Waals surface area contributed by atoms with Gasteiger partial charge in [0.05, 0.1) is 0 Å². The molecule has 0 spiro atoms. The smallest absolute Gasteiger partial charge is 0.231 e. The van der Waals surface area contributed by atoms with Gasteiger partial charge >= 0.3 is 0 Å². The van der Waals surface area contributed by atoms with E-state index in [9.17, 15) is 4.79 Å². The van der Waals surface area contributed by atoms with Crippen LogP contribution in [0.25, 0.3) is 0 Å². The maximum atomic E-state index is 11.7. The van der Waals surface area contributed by atoms with Gasteiger partial charge in [0.25, 0.3) is 0 Å². The summed E-state index contributed by atoms with van der Waals surface area (Å²) in [5.41, 5.74) is 1.04. The standard InChI is InChI=1S/C16H23NO3/c1-2-3-4-5-6-7-16(18)17-11-13-8-9-14-15(10-13)20-12-19-14/h8-10H,2-7,11-12H2,1H3,(H,17,18). The van der Waals surface area contributed by atoms with Gasteiger partial charge in [-0.3, -0.25) is 4.79 Å². The lowest BCUT2D eigenvalue weighted by molar-refractivity contribution is -0.121. The summed E-state index contributed by atoms with van der Waals surface area (Å²) in [6.07, 6.45) is 6.47. The third kappa shape index (κ3) is 4.44. The van der Waals surface area contributed by atoms with Crippen molar-refractivity contribution >= 4 is 5.91 Å². The molecule has 0 radical (unpaired) electrons. The first-order chi connectivity index (χ1) is 9.79. The topological polar surface area (TPSA) is 47.6 Å². The van der Waals surface area contributed by atoms with Crippen molar-refractivity contribution in [3.05, 3.63) is 23.8 Å². The SMILES string of the molecule is CCCCCCCC(=O)NCc1ccc2c(c1)OCO2. The lowest BCUT2D eigenvalue weighted by Gasteiger charge is -2.06. The number of hydrogen-bond donors (Lipinski definition) is 1. The Kier molecular flexibility index (Phi) is 5.71. The number of hydrogen-bond acceptors (Lipinski definition) is 3. The molecule has 1 aliphatic rings. The molecule has 0 aliphatic carbocycles. The Balaban J connectivity index is 1.66. The lowest BCUT2D eigenvalue weighted by Crippen LogP contribution is -2.22. The summed E-state index contributed by atoms with van der Waals surface area (Å²) in [7, 11) is 0. The van der Waals surface area contributed by atoms with Gasteiger partial charge in [0.2, 0.25) is 12.7 Å². The molecule has 1 aromatic rings. The molecule has 110 valence electrons. The van der Waals surface area contributed by atoms with Gasteiger partial charge in [0.15, 0.2) is 11.5 Å². The predicted molar refractivity (Wildman–Crippen MR) is 77.8 cm³/mol. The van der Waals surface area contributed by atoms with Crippen LogP contribution in [-0.2, 0) is 11.3 Å². The van der Waals surface area contributed by atoms with Crippen molar-refractivity contribution in [2.24, 2.45) is 0 Å². The molecule has 1 N–H and O–H groups in total. The summed E-state index contributed by atoms with van der Waals surface area (Å²) in [6, 6.07) is 5.76. The summed E-state index contributed by atoms with van der Waals surface area (Å²) in [6.45, 7) is 3.02. The number of carbonyl (C=O) groups is 1. The number of ether oxygens (including phenoxy) is 2. The summed E-state index contributed by atoms with van der Waals surface area (Å²) in [5.74, 6) is 1.66. The van der Waals surface area contributed by atoms with Crippen LogP contribution >= 0.6 is 0 Å². The average Bonchev–Trinajstić information content (AvgIpc) is 2.92. The van der Waals surface area contributed by atoms with Crippen LogP contribution < -0.4 is 14.8 Å². The summed E-state index contributed by atoms with van der Waals surface area (Å²) in [4.78, 5) is 11.7. The highest BCUT2D eigenvalue weighted by Crippen LogP contribution is 2.32. The van der Waals surface area contributed by atoms with E-state index in [1.165, 1.54) is 19.3 Å². The van der Waals surface area contributed by atoms with Crippen LogP contribution in [0.4, 0.5) is 0 Å². The molecular weight excluding hydrogens is 254 g/mol. The maximum absolute atomic E-state index is 11.7. The first-order valence-corrected chi connectivity index (χ1v) is 7.45. The molecule has 0 saturated carbocycles. The number of unbranched alkanes of at least 4 members (excludes halogenated alkanes) is 4. The second-order valence-electron chi connectivity index (χ2n) is 5.13. The van der Waals surface area contributed by atoms with Gasteiger partial charge in [0.1, 0.15) is 0 Å². The van der Waals surface area contributed by atoms with Crippen molar-refractivity contribution in [1.82, 2.24) is 5.32 Å². The van der Waals surface area contributed by atoms with E-state index >= 15 is 0 Å². The fourth-order valence-corrected chi connectivity index (χ4v) is 2.23. The van der Waals surface area contributed by atoms with Gasteiger partial charge in [-0.1, -0.05) is 38.7 Å². The van der Waals surface area contributed by atoms with E-state index in [1.807, 2.05) is 18.2 Å². The van der Waals surface area contributed by atoms with Crippen LogP contribution in [0.5, 0.6) is 11.5 Å². The first kappa shape index (κ1) is 14.7.